The summed E-state index contributed by atoms with van der Waals surface area (Å²) in [7, 11) is -2.76. The minimum Gasteiger partial charge on any atom is -0.351 e. The molecule has 6 heteroatoms. The van der Waals surface area contributed by atoms with Crippen LogP contribution >= 0.6 is 0 Å². The molecule has 0 spiro atoms. The Hall–Kier alpha value is -2.08. The molecule has 2 N–H and O–H groups in total. The molecule has 0 saturated carbocycles. The van der Waals surface area contributed by atoms with Gasteiger partial charge in [-0.1, -0.05) is 24.3 Å². The van der Waals surface area contributed by atoms with Gasteiger partial charge >= 0.3 is 0 Å². The van der Waals surface area contributed by atoms with E-state index in [4.69, 9.17) is 0 Å². The lowest BCUT2D eigenvalue weighted by Crippen LogP contribution is -2.00. The fourth-order valence-corrected chi connectivity index (χ4v) is 1.89. The van der Waals surface area contributed by atoms with Gasteiger partial charge in [0.25, 0.3) is 0 Å². The Bertz CT molecular complexity index is 621. The third-order valence-corrected chi connectivity index (χ3v) is 2.71. The Labute approximate surface area is 106 Å². The Kier molecular flexibility index (Phi) is 3.78. The number of thiol groups is 1. The van der Waals surface area contributed by atoms with Gasteiger partial charge in [0.2, 0.25) is 10.9 Å². The van der Waals surface area contributed by atoms with Gasteiger partial charge in [0, 0.05) is 0 Å². The highest BCUT2D eigenvalue weighted by molar-refractivity contribution is 7.73. The van der Waals surface area contributed by atoms with Crippen LogP contribution in [0.15, 0.2) is 48.5 Å². The van der Waals surface area contributed by atoms with Crippen LogP contribution in [0.3, 0.4) is 0 Å². The van der Waals surface area contributed by atoms with E-state index >= 15 is 0 Å². The van der Waals surface area contributed by atoms with Crippen LogP contribution in [0.25, 0.3) is 0 Å². The fourth-order valence-electron chi connectivity index (χ4n) is 1.50. The average Bonchev–Trinajstić information content (AvgIpc) is 2.34. The van der Waals surface area contributed by atoms with Gasteiger partial charge in [-0.05, 0) is 24.3 Å². The second kappa shape index (κ2) is 5.50. The summed E-state index contributed by atoms with van der Waals surface area (Å²) in [5, 5.41) is 2.84. The zero-order valence-corrected chi connectivity index (χ0v) is 10.2. The number of halogens is 1. The highest BCUT2D eigenvalue weighted by atomic mass is 32.2. The highest BCUT2D eigenvalue weighted by Crippen LogP contribution is 2.26. The molecule has 0 radical (unpaired) electrons. The molecule has 0 aliphatic rings. The number of para-hydroxylation sites is 3. The molecule has 0 aliphatic heterocycles. The highest BCUT2D eigenvalue weighted by Gasteiger charge is 2.05. The van der Waals surface area contributed by atoms with Gasteiger partial charge in [-0.2, -0.15) is 0 Å². The number of nitrogens with one attached hydrogen (secondary N) is 2. The minimum atomic E-state index is -2.76. The van der Waals surface area contributed by atoms with Crippen LogP contribution in [0, 0.1) is 5.82 Å². The molecule has 0 unspecified atom stereocenters. The molecule has 2 aromatic carbocycles. The van der Waals surface area contributed by atoms with E-state index in [2.05, 4.69) is 10.0 Å². The predicted octanol–water partition coefficient (Wildman–Crippen LogP) is 2.51. The van der Waals surface area contributed by atoms with Crippen molar-refractivity contribution in [3.05, 3.63) is 54.3 Å². The first kappa shape index (κ1) is 12.4. The molecule has 0 saturated heterocycles. The van der Waals surface area contributed by atoms with E-state index in [0.717, 1.165) is 0 Å². The van der Waals surface area contributed by atoms with E-state index in [1.165, 1.54) is 6.07 Å². The molecule has 0 fully saturated rings. The molecule has 0 atom stereocenters. The van der Waals surface area contributed by atoms with Crippen molar-refractivity contribution >= 4 is 28.0 Å². The Morgan fingerprint density at radius 3 is 2.00 bits per heavy atom. The van der Waals surface area contributed by atoms with Crippen LogP contribution < -0.4 is 10.0 Å². The van der Waals surface area contributed by atoms with Gasteiger partial charge in [-0.15, -0.1) is 0 Å². The van der Waals surface area contributed by atoms with E-state index in [0.29, 0.717) is 11.4 Å². The Morgan fingerprint density at radius 2 is 1.39 bits per heavy atom. The molecule has 0 bridgehead atoms. The third kappa shape index (κ3) is 2.98. The number of benzene rings is 2. The Balaban J connectivity index is 2.32. The summed E-state index contributed by atoms with van der Waals surface area (Å²) in [4.78, 5) is 0. The van der Waals surface area contributed by atoms with Crippen molar-refractivity contribution in [1.82, 2.24) is 0 Å². The quantitative estimate of drug-likeness (QED) is 0.745. The van der Waals surface area contributed by atoms with E-state index < -0.39 is 16.7 Å². The minimum absolute atomic E-state index is 0.285. The van der Waals surface area contributed by atoms with Gasteiger partial charge < -0.3 is 5.32 Å². The fraction of sp³-hybridized carbons (Fsp3) is 0. The number of rotatable bonds is 4. The molecule has 0 aliphatic carbocycles. The molecule has 2 rings (SSSR count). The molecule has 94 valence electrons. The van der Waals surface area contributed by atoms with Crippen molar-refractivity contribution in [1.29, 1.82) is 0 Å². The zero-order valence-electron chi connectivity index (χ0n) is 9.26. The first-order valence-electron chi connectivity index (χ1n) is 5.18. The summed E-state index contributed by atoms with van der Waals surface area (Å²) in [6.45, 7) is 0. The summed E-state index contributed by atoms with van der Waals surface area (Å²) in [6.07, 6.45) is 0. The van der Waals surface area contributed by atoms with E-state index in [1.54, 1.807) is 42.5 Å². The molecule has 18 heavy (non-hydrogen) atoms. The number of anilines is 3. The summed E-state index contributed by atoms with van der Waals surface area (Å²) in [5.74, 6) is -0.404. The standard InChI is InChI=1S/C12H11FN2O2S/c13-9-5-1-2-6-10(9)14-11-7-3-4-8-12(11)15-18(16)17/h1-8,14,18H,(H,15,16,17). The maximum atomic E-state index is 13.5. The molecule has 4 nitrogen and oxygen atoms in total. The van der Waals surface area contributed by atoms with Crippen LogP contribution in [-0.2, 0) is 10.9 Å². The van der Waals surface area contributed by atoms with E-state index in [1.807, 2.05) is 0 Å². The maximum absolute atomic E-state index is 13.5. The van der Waals surface area contributed by atoms with Crippen LogP contribution in [0.5, 0.6) is 0 Å². The summed E-state index contributed by atoms with van der Waals surface area (Å²) in [5.41, 5.74) is 1.14. The number of hydrogen-bond acceptors (Lipinski definition) is 3. The topological polar surface area (TPSA) is 58.2 Å². The van der Waals surface area contributed by atoms with Crippen LogP contribution in [0.1, 0.15) is 0 Å². The molecule has 0 aromatic heterocycles. The summed E-state index contributed by atoms with van der Waals surface area (Å²) in [6, 6.07) is 12.8. The number of hydrogen-bond donors (Lipinski definition) is 3. The van der Waals surface area contributed by atoms with Crippen molar-refractivity contribution in [3.8, 4) is 0 Å². The van der Waals surface area contributed by atoms with Crippen molar-refractivity contribution in [2.45, 2.75) is 0 Å². The molecule has 0 heterocycles. The first-order valence-corrected chi connectivity index (χ1v) is 6.36. The van der Waals surface area contributed by atoms with Gasteiger partial charge in [0.05, 0.1) is 17.1 Å². The van der Waals surface area contributed by atoms with Crippen LogP contribution in [0.4, 0.5) is 21.5 Å². The van der Waals surface area contributed by atoms with E-state index in [9.17, 15) is 12.8 Å². The molecule has 2 aromatic rings. The molecular formula is C12H11FN2O2S. The van der Waals surface area contributed by atoms with Crippen LogP contribution in [-0.4, -0.2) is 8.42 Å². The van der Waals surface area contributed by atoms with Gasteiger partial charge in [-0.3, -0.25) is 4.72 Å². The van der Waals surface area contributed by atoms with Gasteiger partial charge in [0.1, 0.15) is 5.82 Å². The van der Waals surface area contributed by atoms with Crippen molar-refractivity contribution < 1.29 is 12.8 Å². The van der Waals surface area contributed by atoms with E-state index in [-0.39, 0.29) is 5.69 Å². The second-order valence-corrected chi connectivity index (χ2v) is 4.26. The summed E-state index contributed by atoms with van der Waals surface area (Å²) >= 11 is 0. The monoisotopic (exact) mass is 266 g/mol. The smallest absolute Gasteiger partial charge is 0.222 e. The van der Waals surface area contributed by atoms with Crippen molar-refractivity contribution in [2.24, 2.45) is 0 Å². The predicted molar refractivity (Wildman–Crippen MR) is 70.1 cm³/mol. The largest absolute Gasteiger partial charge is 0.351 e. The Morgan fingerprint density at radius 1 is 0.833 bits per heavy atom. The first-order chi connectivity index (χ1) is 8.66. The second-order valence-electron chi connectivity index (χ2n) is 3.52. The SMILES string of the molecule is O=[SH](=O)Nc1ccccc1Nc1ccccc1F. The van der Waals surface area contributed by atoms with Gasteiger partial charge in [0.15, 0.2) is 0 Å². The van der Waals surface area contributed by atoms with Crippen molar-refractivity contribution in [2.75, 3.05) is 10.0 Å². The zero-order chi connectivity index (χ0) is 13.0. The lowest BCUT2D eigenvalue weighted by atomic mass is 10.2. The maximum Gasteiger partial charge on any atom is 0.222 e. The normalized spacial score (nSPS) is 10.3. The third-order valence-electron chi connectivity index (χ3n) is 2.28. The lowest BCUT2D eigenvalue weighted by molar-refractivity contribution is 0.619. The van der Waals surface area contributed by atoms with Crippen molar-refractivity contribution in [3.63, 3.8) is 0 Å². The average molecular weight is 266 g/mol. The van der Waals surface area contributed by atoms with Gasteiger partial charge in [-0.25, -0.2) is 12.8 Å². The molecular weight excluding hydrogens is 255 g/mol. The lowest BCUT2D eigenvalue weighted by Gasteiger charge is -2.11. The van der Waals surface area contributed by atoms with Crippen LogP contribution in [0.2, 0.25) is 0 Å². The summed E-state index contributed by atoms with van der Waals surface area (Å²) < 4.78 is 37.1. The molecule has 0 amide bonds.